The van der Waals surface area contributed by atoms with Crippen LogP contribution in [0.25, 0.3) is 0 Å². The van der Waals surface area contributed by atoms with E-state index in [1.54, 1.807) is 6.07 Å². The molecule has 1 unspecified atom stereocenters. The topological polar surface area (TPSA) is 35.0 Å². The maximum absolute atomic E-state index is 5.78. The van der Waals surface area contributed by atoms with Gasteiger partial charge in [0.2, 0.25) is 0 Å². The van der Waals surface area contributed by atoms with Gasteiger partial charge in [-0.2, -0.15) is 0 Å². The smallest absolute Gasteiger partial charge is 0.193 e. The fraction of sp³-hybridized carbons (Fsp3) is 0.556. The molecule has 1 heterocycles. The lowest BCUT2D eigenvalue weighted by Gasteiger charge is -2.13. The zero-order valence-corrected chi connectivity index (χ0v) is 9.64. The van der Waals surface area contributed by atoms with E-state index >= 15 is 0 Å². The van der Waals surface area contributed by atoms with Crippen molar-refractivity contribution in [2.75, 3.05) is 0 Å². The van der Waals surface area contributed by atoms with Crippen molar-refractivity contribution in [3.05, 3.63) is 16.4 Å². The number of hydrogen-bond acceptors (Lipinski definition) is 3. The molecule has 0 aliphatic rings. The van der Waals surface area contributed by atoms with Gasteiger partial charge >= 0.3 is 0 Å². The minimum absolute atomic E-state index is 0.109. The van der Waals surface area contributed by atoms with E-state index in [1.807, 2.05) is 6.92 Å². The van der Waals surface area contributed by atoms with Crippen molar-refractivity contribution in [3.63, 3.8) is 0 Å². The van der Waals surface area contributed by atoms with Crippen LogP contribution in [-0.4, -0.2) is 16.3 Å². The molecule has 0 aliphatic carbocycles. The zero-order chi connectivity index (χ0) is 10.6. The predicted molar refractivity (Wildman–Crippen MR) is 57.1 cm³/mol. The van der Waals surface area contributed by atoms with E-state index in [0.29, 0.717) is 5.75 Å². The Morgan fingerprint density at radius 1 is 1.43 bits per heavy atom. The van der Waals surface area contributed by atoms with Gasteiger partial charge in [-0.15, -0.1) is 10.2 Å². The molecule has 5 heteroatoms. The lowest BCUT2D eigenvalue weighted by atomic mass is 10.2. The molecule has 0 radical (unpaired) electrons. The standard InChI is InChI=1S/C9H12Cl2N2O/c1-3-4-6(2)14-7-5-8(10)12-13-9(7)11/h5-6H,3-4H2,1-2H3. The second-order valence-corrected chi connectivity index (χ2v) is 3.78. The lowest BCUT2D eigenvalue weighted by molar-refractivity contribution is 0.209. The van der Waals surface area contributed by atoms with E-state index in [4.69, 9.17) is 27.9 Å². The van der Waals surface area contributed by atoms with E-state index in [-0.39, 0.29) is 16.4 Å². The monoisotopic (exact) mass is 234 g/mol. The van der Waals surface area contributed by atoms with Crippen LogP contribution in [-0.2, 0) is 0 Å². The van der Waals surface area contributed by atoms with Crippen molar-refractivity contribution < 1.29 is 4.74 Å². The fourth-order valence-electron chi connectivity index (χ4n) is 1.10. The molecule has 0 saturated carbocycles. The maximum atomic E-state index is 5.78. The normalized spacial score (nSPS) is 12.6. The maximum Gasteiger partial charge on any atom is 0.193 e. The number of rotatable bonds is 4. The SMILES string of the molecule is CCCC(C)Oc1cc(Cl)nnc1Cl. The van der Waals surface area contributed by atoms with Crippen LogP contribution in [0.4, 0.5) is 0 Å². The van der Waals surface area contributed by atoms with Gasteiger partial charge in [0.25, 0.3) is 0 Å². The first-order chi connectivity index (χ1) is 6.63. The highest BCUT2D eigenvalue weighted by atomic mass is 35.5. The molecule has 1 aromatic heterocycles. The summed E-state index contributed by atoms with van der Waals surface area (Å²) < 4.78 is 5.55. The van der Waals surface area contributed by atoms with Crippen molar-refractivity contribution in [1.29, 1.82) is 0 Å². The van der Waals surface area contributed by atoms with Gasteiger partial charge in [0.15, 0.2) is 16.1 Å². The van der Waals surface area contributed by atoms with E-state index in [2.05, 4.69) is 17.1 Å². The molecule has 0 fully saturated rings. The van der Waals surface area contributed by atoms with Crippen molar-refractivity contribution in [2.24, 2.45) is 0 Å². The molecule has 0 spiro atoms. The fourth-order valence-corrected chi connectivity index (χ4v) is 1.38. The molecule has 1 atom stereocenters. The van der Waals surface area contributed by atoms with Gasteiger partial charge in [0.1, 0.15) is 0 Å². The third-order valence-electron chi connectivity index (χ3n) is 1.71. The van der Waals surface area contributed by atoms with Crippen LogP contribution >= 0.6 is 23.2 Å². The molecule has 3 nitrogen and oxygen atoms in total. The summed E-state index contributed by atoms with van der Waals surface area (Å²) in [5.41, 5.74) is 0. The predicted octanol–water partition coefficient (Wildman–Crippen LogP) is 3.35. The third-order valence-corrected chi connectivity index (χ3v) is 2.16. The molecule has 78 valence electrons. The van der Waals surface area contributed by atoms with Crippen LogP contribution in [0.1, 0.15) is 26.7 Å². The summed E-state index contributed by atoms with van der Waals surface area (Å²) in [5, 5.41) is 7.78. The lowest BCUT2D eigenvalue weighted by Crippen LogP contribution is -2.11. The Morgan fingerprint density at radius 3 is 2.79 bits per heavy atom. The third kappa shape index (κ3) is 3.31. The van der Waals surface area contributed by atoms with E-state index in [9.17, 15) is 0 Å². The number of halogens is 2. The largest absolute Gasteiger partial charge is 0.487 e. The number of nitrogens with zero attached hydrogens (tertiary/aromatic N) is 2. The molecule has 1 rings (SSSR count). The molecule has 0 bridgehead atoms. The van der Waals surface area contributed by atoms with Gasteiger partial charge in [-0.25, -0.2) is 0 Å². The summed E-state index contributed by atoms with van der Waals surface area (Å²) in [5.74, 6) is 0.493. The van der Waals surface area contributed by atoms with E-state index < -0.39 is 0 Å². The van der Waals surface area contributed by atoms with Crippen LogP contribution in [0, 0.1) is 0 Å². The Balaban J connectivity index is 2.70. The second kappa shape index (κ2) is 5.37. The molecule has 0 aromatic carbocycles. The van der Waals surface area contributed by atoms with Gasteiger partial charge in [0, 0.05) is 6.07 Å². The van der Waals surface area contributed by atoms with E-state index in [0.717, 1.165) is 12.8 Å². The van der Waals surface area contributed by atoms with Crippen molar-refractivity contribution in [3.8, 4) is 5.75 Å². The molecular formula is C9H12Cl2N2O. The number of aromatic nitrogens is 2. The summed E-state index contributed by atoms with van der Waals surface area (Å²) in [6, 6.07) is 1.57. The number of ether oxygens (including phenoxy) is 1. The first kappa shape index (κ1) is 11.5. The van der Waals surface area contributed by atoms with Gasteiger partial charge in [-0.3, -0.25) is 0 Å². The number of hydrogen-bond donors (Lipinski definition) is 0. The van der Waals surface area contributed by atoms with E-state index in [1.165, 1.54) is 0 Å². The van der Waals surface area contributed by atoms with Gasteiger partial charge in [0.05, 0.1) is 6.10 Å². The average Bonchev–Trinajstić information content (AvgIpc) is 2.12. The Labute approximate surface area is 93.4 Å². The summed E-state index contributed by atoms with van der Waals surface area (Å²) in [6.45, 7) is 4.08. The van der Waals surface area contributed by atoms with Gasteiger partial charge in [-0.1, -0.05) is 36.5 Å². The van der Waals surface area contributed by atoms with Gasteiger partial charge in [-0.05, 0) is 13.3 Å². The summed E-state index contributed by atoms with van der Waals surface area (Å²) >= 11 is 11.4. The first-order valence-corrected chi connectivity index (χ1v) is 5.24. The Hall–Kier alpha value is -0.540. The molecule has 0 N–H and O–H groups in total. The minimum Gasteiger partial charge on any atom is -0.487 e. The minimum atomic E-state index is 0.109. The average molecular weight is 235 g/mol. The Kier molecular flexibility index (Phi) is 4.42. The highest BCUT2D eigenvalue weighted by molar-refractivity contribution is 6.32. The first-order valence-electron chi connectivity index (χ1n) is 4.49. The zero-order valence-electron chi connectivity index (χ0n) is 8.13. The Morgan fingerprint density at radius 2 is 2.14 bits per heavy atom. The molecule has 0 amide bonds. The molecule has 1 aromatic rings. The van der Waals surface area contributed by atoms with Crippen molar-refractivity contribution in [2.45, 2.75) is 32.8 Å². The van der Waals surface area contributed by atoms with Crippen LogP contribution < -0.4 is 4.74 Å². The summed E-state index contributed by atoms with van der Waals surface area (Å²) in [6.07, 6.45) is 2.14. The summed E-state index contributed by atoms with van der Waals surface area (Å²) in [7, 11) is 0. The Bertz CT molecular complexity index is 307. The highest BCUT2D eigenvalue weighted by Gasteiger charge is 2.09. The van der Waals surface area contributed by atoms with Crippen LogP contribution in [0.3, 0.4) is 0 Å². The second-order valence-electron chi connectivity index (χ2n) is 3.04. The van der Waals surface area contributed by atoms with Crippen LogP contribution in [0.15, 0.2) is 6.07 Å². The van der Waals surface area contributed by atoms with Crippen molar-refractivity contribution >= 4 is 23.2 Å². The van der Waals surface area contributed by atoms with Crippen LogP contribution in [0.2, 0.25) is 10.3 Å². The highest BCUT2D eigenvalue weighted by Crippen LogP contribution is 2.25. The summed E-state index contributed by atoms with van der Waals surface area (Å²) in [4.78, 5) is 0. The molecule has 14 heavy (non-hydrogen) atoms. The van der Waals surface area contributed by atoms with Crippen LogP contribution in [0.5, 0.6) is 5.75 Å². The van der Waals surface area contributed by atoms with Crippen molar-refractivity contribution in [1.82, 2.24) is 10.2 Å². The molecule has 0 saturated heterocycles. The molecular weight excluding hydrogens is 223 g/mol. The molecule has 0 aliphatic heterocycles. The van der Waals surface area contributed by atoms with Gasteiger partial charge < -0.3 is 4.74 Å². The quantitative estimate of drug-likeness (QED) is 0.802.